The Morgan fingerprint density at radius 1 is 1.21 bits per heavy atom. The van der Waals surface area contributed by atoms with Gasteiger partial charge in [-0.15, -0.1) is 11.3 Å². The molecule has 2 aliphatic rings. The minimum Gasteiger partial charge on any atom is -0.310 e. The maximum atomic E-state index is 5.05. The van der Waals surface area contributed by atoms with Crippen LogP contribution in [0.3, 0.4) is 0 Å². The van der Waals surface area contributed by atoms with E-state index in [9.17, 15) is 0 Å². The summed E-state index contributed by atoms with van der Waals surface area (Å²) in [7, 11) is 2.23. The molecule has 4 heteroatoms. The summed E-state index contributed by atoms with van der Waals surface area (Å²) in [6.07, 6.45) is 3.81. The lowest BCUT2D eigenvalue weighted by Crippen LogP contribution is -2.35. The first-order valence-corrected chi connectivity index (χ1v) is 10.2. The maximum absolute atomic E-state index is 5.05. The number of fused-ring (bicyclic) bond motifs is 1. The molecule has 0 aliphatic carbocycles. The van der Waals surface area contributed by atoms with Gasteiger partial charge in [0, 0.05) is 18.5 Å². The predicted molar refractivity (Wildman–Crippen MR) is 103 cm³/mol. The van der Waals surface area contributed by atoms with Gasteiger partial charge >= 0.3 is 0 Å². The molecule has 3 heterocycles. The number of hydrogen-bond donors (Lipinski definition) is 1. The molecule has 3 nitrogen and oxygen atoms in total. The zero-order valence-electron chi connectivity index (χ0n) is 15.1. The van der Waals surface area contributed by atoms with Crippen molar-refractivity contribution in [2.75, 3.05) is 26.7 Å². The summed E-state index contributed by atoms with van der Waals surface area (Å²) in [5.74, 6) is 2.14. The van der Waals surface area contributed by atoms with Crippen LogP contribution in [0, 0.1) is 11.8 Å². The van der Waals surface area contributed by atoms with Crippen molar-refractivity contribution >= 4 is 21.6 Å². The first-order chi connectivity index (χ1) is 11.6. The van der Waals surface area contributed by atoms with Crippen LogP contribution in [0.5, 0.6) is 0 Å². The van der Waals surface area contributed by atoms with Crippen molar-refractivity contribution in [1.29, 1.82) is 0 Å². The third-order valence-corrected chi connectivity index (χ3v) is 7.09. The second kappa shape index (κ2) is 6.74. The van der Waals surface area contributed by atoms with Gasteiger partial charge in [-0.3, -0.25) is 0 Å². The Labute approximate surface area is 149 Å². The van der Waals surface area contributed by atoms with Gasteiger partial charge < -0.3 is 10.2 Å². The summed E-state index contributed by atoms with van der Waals surface area (Å²) in [5.41, 5.74) is 2.63. The average molecular weight is 344 g/mol. The number of rotatable bonds is 2. The van der Waals surface area contributed by atoms with E-state index in [2.05, 4.69) is 49.3 Å². The van der Waals surface area contributed by atoms with Gasteiger partial charge in [0.1, 0.15) is 0 Å². The van der Waals surface area contributed by atoms with Crippen molar-refractivity contribution in [2.24, 2.45) is 11.8 Å². The fourth-order valence-electron chi connectivity index (χ4n) is 4.34. The fourth-order valence-corrected chi connectivity index (χ4v) is 5.56. The summed E-state index contributed by atoms with van der Waals surface area (Å²) < 4.78 is 1.35. The van der Waals surface area contributed by atoms with E-state index in [1.54, 1.807) is 0 Å². The number of aromatic nitrogens is 1. The quantitative estimate of drug-likeness (QED) is 0.875. The number of nitrogens with one attached hydrogen (secondary N) is 1. The SMILES string of the molecule is C[C@H]1CC[C@H](c2ccc3sc([C@H]4CCN(C)C[C@@H]4C)nc3c2)NC1. The van der Waals surface area contributed by atoms with Gasteiger partial charge in [-0.25, -0.2) is 4.98 Å². The summed E-state index contributed by atoms with van der Waals surface area (Å²) in [6.45, 7) is 8.24. The molecule has 0 bridgehead atoms. The van der Waals surface area contributed by atoms with E-state index >= 15 is 0 Å². The molecule has 0 radical (unpaired) electrons. The highest BCUT2D eigenvalue weighted by Crippen LogP contribution is 2.37. The molecule has 1 N–H and O–H groups in total. The van der Waals surface area contributed by atoms with Crippen molar-refractivity contribution in [3.8, 4) is 0 Å². The van der Waals surface area contributed by atoms with Crippen LogP contribution in [0.25, 0.3) is 10.2 Å². The molecule has 24 heavy (non-hydrogen) atoms. The van der Waals surface area contributed by atoms with Crippen LogP contribution in [0.2, 0.25) is 0 Å². The molecular weight excluding hydrogens is 314 g/mol. The summed E-state index contributed by atoms with van der Waals surface area (Å²) in [6, 6.07) is 7.46. The highest BCUT2D eigenvalue weighted by atomic mass is 32.1. The second-order valence-electron chi connectivity index (χ2n) is 8.06. The number of piperidine rings is 2. The molecule has 1 aromatic heterocycles. The number of thiazole rings is 1. The third-order valence-electron chi connectivity index (χ3n) is 5.92. The lowest BCUT2D eigenvalue weighted by molar-refractivity contribution is 0.195. The first-order valence-electron chi connectivity index (χ1n) is 9.42. The van der Waals surface area contributed by atoms with Gasteiger partial charge in [0.15, 0.2) is 0 Å². The second-order valence-corrected chi connectivity index (χ2v) is 9.12. The van der Waals surface area contributed by atoms with Crippen LogP contribution in [-0.4, -0.2) is 36.6 Å². The third kappa shape index (κ3) is 3.24. The molecule has 2 saturated heterocycles. The number of nitrogens with zero attached hydrogens (tertiary/aromatic N) is 2. The van der Waals surface area contributed by atoms with Crippen LogP contribution in [0.15, 0.2) is 18.2 Å². The average Bonchev–Trinajstić information content (AvgIpc) is 2.98. The Morgan fingerprint density at radius 2 is 2.08 bits per heavy atom. The number of hydrogen-bond acceptors (Lipinski definition) is 4. The molecule has 2 aliphatic heterocycles. The Morgan fingerprint density at radius 3 is 2.83 bits per heavy atom. The molecule has 0 saturated carbocycles. The molecule has 4 rings (SSSR count). The van der Waals surface area contributed by atoms with Gasteiger partial charge in [0.25, 0.3) is 0 Å². The van der Waals surface area contributed by atoms with Crippen LogP contribution in [0.1, 0.15) is 55.6 Å². The topological polar surface area (TPSA) is 28.2 Å². The van der Waals surface area contributed by atoms with E-state index in [-0.39, 0.29) is 0 Å². The summed E-state index contributed by atoms with van der Waals surface area (Å²) in [4.78, 5) is 7.50. The van der Waals surface area contributed by atoms with E-state index in [0.29, 0.717) is 17.9 Å². The van der Waals surface area contributed by atoms with E-state index in [1.807, 2.05) is 11.3 Å². The van der Waals surface area contributed by atoms with Crippen molar-refractivity contribution in [3.05, 3.63) is 28.8 Å². The number of likely N-dealkylation sites (tertiary alicyclic amines) is 1. The molecule has 130 valence electrons. The smallest absolute Gasteiger partial charge is 0.0973 e. The largest absolute Gasteiger partial charge is 0.310 e. The molecule has 0 unspecified atom stereocenters. The van der Waals surface area contributed by atoms with Gasteiger partial charge in [0.2, 0.25) is 0 Å². The van der Waals surface area contributed by atoms with Gasteiger partial charge in [0.05, 0.1) is 15.2 Å². The van der Waals surface area contributed by atoms with Crippen LogP contribution in [-0.2, 0) is 0 Å². The molecule has 2 fully saturated rings. The fraction of sp³-hybridized carbons (Fsp3) is 0.650. The molecule has 0 amide bonds. The van der Waals surface area contributed by atoms with Crippen molar-refractivity contribution < 1.29 is 0 Å². The zero-order chi connectivity index (χ0) is 16.7. The van der Waals surface area contributed by atoms with Gasteiger partial charge in [-0.2, -0.15) is 0 Å². The Balaban J connectivity index is 1.57. The van der Waals surface area contributed by atoms with Gasteiger partial charge in [-0.1, -0.05) is 19.9 Å². The lowest BCUT2D eigenvalue weighted by Gasteiger charge is -2.33. The molecule has 4 atom stereocenters. The Kier molecular flexibility index (Phi) is 4.63. The summed E-state index contributed by atoms with van der Waals surface area (Å²) in [5, 5.41) is 5.06. The predicted octanol–water partition coefficient (Wildman–Crippen LogP) is 4.41. The highest BCUT2D eigenvalue weighted by Gasteiger charge is 2.28. The van der Waals surface area contributed by atoms with Crippen molar-refractivity contribution in [3.63, 3.8) is 0 Å². The maximum Gasteiger partial charge on any atom is 0.0973 e. The normalized spacial score (nSPS) is 32.3. The van der Waals surface area contributed by atoms with Gasteiger partial charge in [-0.05, 0) is 68.9 Å². The van der Waals surface area contributed by atoms with E-state index in [1.165, 1.54) is 53.1 Å². The molecule has 1 aromatic carbocycles. The van der Waals surface area contributed by atoms with Crippen molar-refractivity contribution in [1.82, 2.24) is 15.2 Å². The number of benzene rings is 1. The van der Waals surface area contributed by atoms with Crippen LogP contribution < -0.4 is 5.32 Å². The van der Waals surface area contributed by atoms with E-state index < -0.39 is 0 Å². The molecule has 2 aromatic rings. The standard InChI is InChI=1S/C20H29N3S/c1-13-4-6-17(21-11-13)15-5-7-19-18(10-15)22-20(24-19)16-8-9-23(3)12-14(16)2/h5,7,10,13-14,16-17,21H,4,6,8-9,11-12H2,1-3H3/t13-,14-,16-,17+/m0/s1. The summed E-state index contributed by atoms with van der Waals surface area (Å²) >= 11 is 1.91. The van der Waals surface area contributed by atoms with E-state index in [4.69, 9.17) is 4.98 Å². The van der Waals surface area contributed by atoms with Crippen molar-refractivity contribution in [2.45, 2.75) is 45.1 Å². The first kappa shape index (κ1) is 16.5. The Bertz CT molecular complexity index is 702. The molecule has 0 spiro atoms. The molecular formula is C20H29N3S. The lowest BCUT2D eigenvalue weighted by atomic mass is 9.88. The highest BCUT2D eigenvalue weighted by molar-refractivity contribution is 7.18. The van der Waals surface area contributed by atoms with E-state index in [0.717, 1.165) is 12.5 Å². The Hall–Kier alpha value is -0.970. The monoisotopic (exact) mass is 343 g/mol. The minimum absolute atomic E-state index is 0.512. The minimum atomic E-state index is 0.512. The van der Waals surface area contributed by atoms with Crippen LogP contribution >= 0.6 is 11.3 Å². The van der Waals surface area contributed by atoms with Crippen LogP contribution in [0.4, 0.5) is 0 Å². The zero-order valence-corrected chi connectivity index (χ0v) is 15.9.